The third-order valence-corrected chi connectivity index (χ3v) is 4.97. The Morgan fingerprint density at radius 3 is 2.56 bits per heavy atom. The molecule has 0 saturated heterocycles. The van der Waals surface area contributed by atoms with Gasteiger partial charge in [0.05, 0.1) is 17.8 Å². The molecule has 0 spiro atoms. The Labute approximate surface area is 151 Å². The minimum atomic E-state index is -0.438. The number of benzene rings is 2. The first-order valence-corrected chi connectivity index (χ1v) is 9.10. The molecule has 2 aromatic carbocycles. The molecule has 1 aromatic heterocycles. The summed E-state index contributed by atoms with van der Waals surface area (Å²) in [6.45, 7) is 4.92. The summed E-state index contributed by atoms with van der Waals surface area (Å²) in [5, 5.41) is 6.27. The van der Waals surface area contributed by atoms with Gasteiger partial charge in [-0.15, -0.1) is 11.3 Å². The van der Waals surface area contributed by atoms with Crippen LogP contribution >= 0.6 is 11.3 Å². The van der Waals surface area contributed by atoms with Gasteiger partial charge in [-0.3, -0.25) is 4.79 Å². The van der Waals surface area contributed by atoms with Crippen LogP contribution in [0, 0.1) is 0 Å². The fourth-order valence-electron chi connectivity index (χ4n) is 2.57. The fraction of sp³-hybridized carbons (Fsp3) is 0.200. The highest BCUT2D eigenvalue weighted by atomic mass is 32.1. The zero-order chi connectivity index (χ0) is 17.8. The molecule has 25 heavy (non-hydrogen) atoms. The SMILES string of the molecule is CC(C)c1ccc(-c2nc(CNc3ccccc3C(N)=O)cs2)cc1. The van der Waals surface area contributed by atoms with E-state index < -0.39 is 5.91 Å². The van der Waals surface area contributed by atoms with E-state index in [4.69, 9.17) is 5.73 Å². The Hall–Kier alpha value is -2.66. The number of hydrogen-bond acceptors (Lipinski definition) is 4. The Kier molecular flexibility index (Phi) is 5.14. The summed E-state index contributed by atoms with van der Waals surface area (Å²) >= 11 is 1.62. The van der Waals surface area contributed by atoms with Gasteiger partial charge in [0.2, 0.25) is 0 Å². The number of thiazole rings is 1. The second-order valence-electron chi connectivity index (χ2n) is 6.18. The number of para-hydroxylation sites is 1. The lowest BCUT2D eigenvalue weighted by Gasteiger charge is -2.08. The molecular weight excluding hydrogens is 330 g/mol. The summed E-state index contributed by atoms with van der Waals surface area (Å²) < 4.78 is 0. The zero-order valence-corrected chi connectivity index (χ0v) is 15.1. The Morgan fingerprint density at radius 1 is 1.16 bits per heavy atom. The van der Waals surface area contributed by atoms with E-state index in [0.29, 0.717) is 18.0 Å². The number of amides is 1. The van der Waals surface area contributed by atoms with Gasteiger partial charge in [0.1, 0.15) is 5.01 Å². The van der Waals surface area contributed by atoms with Crippen molar-refractivity contribution in [1.29, 1.82) is 0 Å². The molecule has 0 atom stereocenters. The molecule has 0 radical (unpaired) electrons. The minimum absolute atomic E-state index is 0.438. The molecule has 3 N–H and O–H groups in total. The van der Waals surface area contributed by atoms with E-state index in [1.54, 1.807) is 23.5 Å². The maximum Gasteiger partial charge on any atom is 0.250 e. The Balaban J connectivity index is 1.71. The zero-order valence-electron chi connectivity index (χ0n) is 14.3. The maximum atomic E-state index is 11.5. The number of anilines is 1. The molecule has 3 aromatic rings. The molecule has 1 amide bonds. The number of nitrogens with two attached hydrogens (primary N) is 1. The molecule has 0 fully saturated rings. The molecule has 3 rings (SSSR count). The molecule has 4 nitrogen and oxygen atoms in total. The van der Waals surface area contributed by atoms with E-state index in [0.717, 1.165) is 22.0 Å². The highest BCUT2D eigenvalue weighted by Crippen LogP contribution is 2.26. The standard InChI is InChI=1S/C20H21N3OS/c1-13(2)14-7-9-15(10-8-14)20-23-16(12-25-20)11-22-18-6-4-3-5-17(18)19(21)24/h3-10,12-13,22H,11H2,1-2H3,(H2,21,24). The van der Waals surface area contributed by atoms with Crippen molar-refractivity contribution in [2.45, 2.75) is 26.3 Å². The van der Waals surface area contributed by atoms with Gasteiger partial charge in [-0.1, -0.05) is 50.2 Å². The van der Waals surface area contributed by atoms with Gasteiger partial charge in [0.15, 0.2) is 0 Å². The first kappa shape index (κ1) is 17.2. The van der Waals surface area contributed by atoms with Crippen molar-refractivity contribution in [3.8, 4) is 10.6 Å². The second kappa shape index (κ2) is 7.49. The molecule has 0 aliphatic rings. The highest BCUT2D eigenvalue weighted by Gasteiger charge is 2.09. The monoisotopic (exact) mass is 351 g/mol. The summed E-state index contributed by atoms with van der Waals surface area (Å²) in [5.41, 5.74) is 10.0. The number of hydrogen-bond donors (Lipinski definition) is 2. The molecule has 1 heterocycles. The third kappa shape index (κ3) is 4.06. The molecule has 0 unspecified atom stereocenters. The largest absolute Gasteiger partial charge is 0.379 e. The molecule has 0 aliphatic carbocycles. The Bertz CT molecular complexity index is 869. The van der Waals surface area contributed by atoms with Crippen LogP contribution in [-0.2, 0) is 6.54 Å². The van der Waals surface area contributed by atoms with E-state index in [-0.39, 0.29) is 0 Å². The average molecular weight is 351 g/mol. The summed E-state index contributed by atoms with van der Waals surface area (Å²) in [6, 6.07) is 15.8. The molecule has 0 aliphatic heterocycles. The van der Waals surface area contributed by atoms with Crippen LogP contribution in [-0.4, -0.2) is 10.9 Å². The summed E-state index contributed by atoms with van der Waals surface area (Å²) in [4.78, 5) is 16.2. The first-order valence-electron chi connectivity index (χ1n) is 8.22. The van der Waals surface area contributed by atoms with Crippen LogP contribution in [0.25, 0.3) is 10.6 Å². The molecule has 5 heteroatoms. The van der Waals surface area contributed by atoms with Crippen molar-refractivity contribution in [2.24, 2.45) is 5.73 Å². The van der Waals surface area contributed by atoms with Crippen molar-refractivity contribution >= 4 is 22.9 Å². The number of nitrogens with zero attached hydrogens (tertiary/aromatic N) is 1. The summed E-state index contributed by atoms with van der Waals surface area (Å²) in [7, 11) is 0. The van der Waals surface area contributed by atoms with Gasteiger partial charge < -0.3 is 11.1 Å². The molecular formula is C20H21N3OS. The van der Waals surface area contributed by atoms with E-state index in [9.17, 15) is 4.79 Å². The summed E-state index contributed by atoms with van der Waals surface area (Å²) in [5.74, 6) is 0.0859. The van der Waals surface area contributed by atoms with Crippen LogP contribution in [0.5, 0.6) is 0 Å². The van der Waals surface area contributed by atoms with Crippen molar-refractivity contribution in [2.75, 3.05) is 5.32 Å². The van der Waals surface area contributed by atoms with E-state index in [2.05, 4.69) is 48.4 Å². The average Bonchev–Trinajstić information content (AvgIpc) is 3.09. The lowest BCUT2D eigenvalue weighted by Crippen LogP contribution is -2.14. The topological polar surface area (TPSA) is 68.0 Å². The predicted molar refractivity (Wildman–Crippen MR) is 104 cm³/mol. The second-order valence-corrected chi connectivity index (χ2v) is 7.04. The van der Waals surface area contributed by atoms with Crippen molar-refractivity contribution in [3.05, 3.63) is 70.7 Å². The van der Waals surface area contributed by atoms with E-state index in [1.165, 1.54) is 5.56 Å². The quantitative estimate of drug-likeness (QED) is 0.679. The minimum Gasteiger partial charge on any atom is -0.379 e. The van der Waals surface area contributed by atoms with Crippen LogP contribution in [0.4, 0.5) is 5.69 Å². The van der Waals surface area contributed by atoms with Crippen molar-refractivity contribution in [3.63, 3.8) is 0 Å². The smallest absolute Gasteiger partial charge is 0.250 e. The van der Waals surface area contributed by atoms with Crippen LogP contribution in [0.15, 0.2) is 53.9 Å². The number of rotatable bonds is 6. The number of carbonyl (C=O) groups is 1. The summed E-state index contributed by atoms with van der Waals surface area (Å²) in [6.07, 6.45) is 0. The van der Waals surface area contributed by atoms with Crippen LogP contribution in [0.3, 0.4) is 0 Å². The van der Waals surface area contributed by atoms with Gasteiger partial charge in [0, 0.05) is 16.6 Å². The van der Waals surface area contributed by atoms with Gasteiger partial charge in [-0.25, -0.2) is 4.98 Å². The first-order chi connectivity index (χ1) is 12.0. The van der Waals surface area contributed by atoms with Crippen LogP contribution in [0.1, 0.15) is 41.4 Å². The number of aromatic nitrogens is 1. The molecule has 0 bridgehead atoms. The lowest BCUT2D eigenvalue weighted by molar-refractivity contribution is 0.100. The number of primary amides is 1. The third-order valence-electron chi connectivity index (χ3n) is 4.03. The van der Waals surface area contributed by atoms with Gasteiger partial charge in [-0.05, 0) is 23.6 Å². The number of nitrogens with one attached hydrogen (secondary N) is 1. The van der Waals surface area contributed by atoms with Crippen molar-refractivity contribution in [1.82, 2.24) is 4.98 Å². The maximum absolute atomic E-state index is 11.5. The van der Waals surface area contributed by atoms with Crippen LogP contribution in [0.2, 0.25) is 0 Å². The van der Waals surface area contributed by atoms with Gasteiger partial charge in [-0.2, -0.15) is 0 Å². The highest BCUT2D eigenvalue weighted by molar-refractivity contribution is 7.13. The van der Waals surface area contributed by atoms with Gasteiger partial charge in [0.25, 0.3) is 5.91 Å². The Morgan fingerprint density at radius 2 is 1.88 bits per heavy atom. The fourth-order valence-corrected chi connectivity index (χ4v) is 3.40. The lowest BCUT2D eigenvalue weighted by atomic mass is 10.0. The normalized spacial score (nSPS) is 10.8. The number of carbonyl (C=O) groups excluding carboxylic acids is 1. The predicted octanol–water partition coefficient (Wildman–Crippen LogP) is 4.64. The van der Waals surface area contributed by atoms with Crippen LogP contribution < -0.4 is 11.1 Å². The molecule has 128 valence electrons. The van der Waals surface area contributed by atoms with E-state index >= 15 is 0 Å². The van der Waals surface area contributed by atoms with Crippen molar-refractivity contribution < 1.29 is 4.79 Å². The van der Waals surface area contributed by atoms with E-state index in [1.807, 2.05) is 17.5 Å². The van der Waals surface area contributed by atoms with Gasteiger partial charge >= 0.3 is 0 Å². The molecule has 0 saturated carbocycles.